The van der Waals surface area contributed by atoms with E-state index in [9.17, 15) is 21.6 Å². The van der Waals surface area contributed by atoms with E-state index in [0.29, 0.717) is 0 Å². The zero-order chi connectivity index (χ0) is 18.8. The van der Waals surface area contributed by atoms with Crippen molar-refractivity contribution in [2.45, 2.75) is 36.8 Å². The third-order valence-corrected chi connectivity index (χ3v) is 8.68. The van der Waals surface area contributed by atoms with Crippen molar-refractivity contribution in [1.29, 1.82) is 0 Å². The van der Waals surface area contributed by atoms with Crippen molar-refractivity contribution < 1.29 is 21.6 Å². The maximum atomic E-state index is 12.7. The number of rotatable bonds is 5. The molecule has 0 saturated carbocycles. The topological polar surface area (TPSA) is 101 Å². The Kier molecular flexibility index (Phi) is 5.90. The monoisotopic (exact) mass is 388 g/mol. The molecule has 1 aliphatic heterocycles. The van der Waals surface area contributed by atoms with Gasteiger partial charge in [0.2, 0.25) is 15.9 Å². The normalized spacial score (nSPS) is 17.4. The predicted molar refractivity (Wildman–Crippen MR) is 95.6 cm³/mol. The van der Waals surface area contributed by atoms with Gasteiger partial charge in [-0.1, -0.05) is 6.07 Å². The van der Waals surface area contributed by atoms with Gasteiger partial charge in [-0.05, 0) is 49.9 Å². The zero-order valence-electron chi connectivity index (χ0n) is 14.6. The van der Waals surface area contributed by atoms with Gasteiger partial charge in [-0.25, -0.2) is 16.8 Å². The third-order valence-electron chi connectivity index (χ3n) is 4.64. The van der Waals surface area contributed by atoms with Gasteiger partial charge in [0, 0.05) is 20.1 Å². The summed E-state index contributed by atoms with van der Waals surface area (Å²) in [4.78, 5) is 11.6. The molecule has 1 saturated heterocycles. The Morgan fingerprint density at radius 1 is 1.12 bits per heavy atom. The Balaban J connectivity index is 2.11. The summed E-state index contributed by atoms with van der Waals surface area (Å²) in [7, 11) is -5.83. The number of amides is 1. The van der Waals surface area contributed by atoms with Crippen molar-refractivity contribution in [1.82, 2.24) is 9.62 Å². The number of sulfonamides is 1. The number of aryl methyl sites for hydroxylation is 2. The molecule has 0 aromatic heterocycles. The molecule has 1 heterocycles. The van der Waals surface area contributed by atoms with Crippen molar-refractivity contribution in [3.05, 3.63) is 29.3 Å². The number of nitrogens with zero attached hydrogens (tertiary/aromatic N) is 1. The van der Waals surface area contributed by atoms with E-state index >= 15 is 0 Å². The molecule has 0 spiro atoms. The van der Waals surface area contributed by atoms with E-state index < -0.39 is 36.8 Å². The second kappa shape index (κ2) is 7.43. The lowest BCUT2D eigenvalue weighted by Crippen LogP contribution is -2.44. The molecule has 1 aromatic carbocycles. The second-order valence-electron chi connectivity index (χ2n) is 6.33. The summed E-state index contributed by atoms with van der Waals surface area (Å²) in [5.74, 6) is -1.11. The summed E-state index contributed by atoms with van der Waals surface area (Å²) in [5.41, 5.74) is 1.90. The van der Waals surface area contributed by atoms with Gasteiger partial charge in [-0.2, -0.15) is 4.31 Å². The SMILES string of the molecule is CNC(=O)CS(=O)(=O)C1CCN(S(=O)(=O)c2ccc(C)c(C)c2)CC1. The molecule has 9 heteroatoms. The van der Waals surface area contributed by atoms with Crippen LogP contribution in [0.15, 0.2) is 23.1 Å². The molecule has 1 amide bonds. The molecular weight excluding hydrogens is 364 g/mol. The number of carbonyl (C=O) groups excluding carboxylic acids is 1. The fraction of sp³-hybridized carbons (Fsp3) is 0.562. The summed E-state index contributed by atoms with van der Waals surface area (Å²) in [6.45, 7) is 4.03. The largest absolute Gasteiger partial charge is 0.358 e. The van der Waals surface area contributed by atoms with E-state index in [0.717, 1.165) is 11.1 Å². The highest BCUT2D eigenvalue weighted by atomic mass is 32.2. The van der Waals surface area contributed by atoms with Crippen LogP contribution >= 0.6 is 0 Å². The van der Waals surface area contributed by atoms with E-state index in [4.69, 9.17) is 0 Å². The molecule has 1 aliphatic rings. The standard InChI is InChI=1S/C16H24N2O5S2/c1-12-4-5-15(10-13(12)2)25(22,23)18-8-6-14(7-9-18)24(20,21)11-16(19)17-3/h4-5,10,14H,6-9,11H2,1-3H3,(H,17,19). The van der Waals surface area contributed by atoms with Crippen LogP contribution in [0.4, 0.5) is 0 Å². The molecule has 0 aliphatic carbocycles. The Morgan fingerprint density at radius 2 is 1.72 bits per heavy atom. The quantitative estimate of drug-likeness (QED) is 0.797. The summed E-state index contributed by atoms with van der Waals surface area (Å²) in [6, 6.07) is 4.98. The molecule has 0 atom stereocenters. The molecule has 2 rings (SSSR count). The molecular formula is C16H24N2O5S2. The van der Waals surface area contributed by atoms with Crippen LogP contribution in [-0.2, 0) is 24.7 Å². The third kappa shape index (κ3) is 4.39. The number of carbonyl (C=O) groups is 1. The van der Waals surface area contributed by atoms with Gasteiger partial charge >= 0.3 is 0 Å². The van der Waals surface area contributed by atoms with Gasteiger partial charge < -0.3 is 5.32 Å². The van der Waals surface area contributed by atoms with Gasteiger partial charge in [-0.15, -0.1) is 0 Å². The molecule has 25 heavy (non-hydrogen) atoms. The molecule has 0 unspecified atom stereocenters. The first-order chi connectivity index (χ1) is 11.6. The minimum Gasteiger partial charge on any atom is -0.358 e. The van der Waals surface area contributed by atoms with Crippen LogP contribution in [0.25, 0.3) is 0 Å². The number of hydrogen-bond acceptors (Lipinski definition) is 5. The average Bonchev–Trinajstić information content (AvgIpc) is 2.56. The van der Waals surface area contributed by atoms with Crippen molar-refractivity contribution in [3.63, 3.8) is 0 Å². The second-order valence-corrected chi connectivity index (χ2v) is 10.5. The molecule has 1 N–H and O–H groups in total. The zero-order valence-corrected chi connectivity index (χ0v) is 16.3. The van der Waals surface area contributed by atoms with Crippen LogP contribution in [0.1, 0.15) is 24.0 Å². The van der Waals surface area contributed by atoms with Crippen LogP contribution in [0, 0.1) is 13.8 Å². The minimum atomic E-state index is -3.64. The van der Waals surface area contributed by atoms with E-state index in [1.165, 1.54) is 11.4 Å². The lowest BCUT2D eigenvalue weighted by molar-refractivity contribution is -0.118. The number of piperidine rings is 1. The van der Waals surface area contributed by atoms with Crippen LogP contribution in [-0.4, -0.2) is 58.2 Å². The highest BCUT2D eigenvalue weighted by Gasteiger charge is 2.35. The van der Waals surface area contributed by atoms with Crippen LogP contribution in [0.2, 0.25) is 0 Å². The Hall–Kier alpha value is -1.45. The Bertz CT molecular complexity index is 855. The van der Waals surface area contributed by atoms with Crippen molar-refractivity contribution in [2.75, 3.05) is 25.9 Å². The predicted octanol–water partition coefficient (Wildman–Crippen LogP) is 0.617. The lowest BCUT2D eigenvalue weighted by atomic mass is 10.1. The van der Waals surface area contributed by atoms with E-state index in [-0.39, 0.29) is 30.8 Å². The summed E-state index contributed by atoms with van der Waals surface area (Å²) in [5, 5.41) is 1.62. The summed E-state index contributed by atoms with van der Waals surface area (Å²) < 4.78 is 51.3. The van der Waals surface area contributed by atoms with Crippen LogP contribution in [0.5, 0.6) is 0 Å². The van der Waals surface area contributed by atoms with Gasteiger partial charge in [0.1, 0.15) is 5.75 Å². The first-order valence-corrected chi connectivity index (χ1v) is 11.2. The van der Waals surface area contributed by atoms with Gasteiger partial charge in [-0.3, -0.25) is 4.79 Å². The Morgan fingerprint density at radius 3 is 2.24 bits per heavy atom. The van der Waals surface area contributed by atoms with Crippen molar-refractivity contribution >= 4 is 25.8 Å². The maximum absolute atomic E-state index is 12.7. The van der Waals surface area contributed by atoms with Crippen LogP contribution < -0.4 is 5.32 Å². The summed E-state index contributed by atoms with van der Waals surface area (Å²) in [6.07, 6.45) is 0.396. The van der Waals surface area contributed by atoms with Crippen LogP contribution in [0.3, 0.4) is 0 Å². The van der Waals surface area contributed by atoms with Crippen molar-refractivity contribution in [2.24, 2.45) is 0 Å². The van der Waals surface area contributed by atoms with Gasteiger partial charge in [0.25, 0.3) is 0 Å². The minimum absolute atomic E-state index is 0.132. The molecule has 1 aromatic rings. The van der Waals surface area contributed by atoms with E-state index in [1.807, 2.05) is 13.8 Å². The number of hydrogen-bond donors (Lipinski definition) is 1. The highest BCUT2D eigenvalue weighted by molar-refractivity contribution is 7.92. The van der Waals surface area contributed by atoms with E-state index in [1.54, 1.807) is 18.2 Å². The number of sulfone groups is 1. The smallest absolute Gasteiger partial charge is 0.243 e. The number of nitrogens with one attached hydrogen (secondary N) is 1. The lowest BCUT2D eigenvalue weighted by Gasteiger charge is -2.31. The molecule has 1 fully saturated rings. The van der Waals surface area contributed by atoms with Gasteiger partial charge in [0.15, 0.2) is 9.84 Å². The first kappa shape index (κ1) is 19.9. The number of benzene rings is 1. The summed E-state index contributed by atoms with van der Waals surface area (Å²) >= 11 is 0. The Labute approximate surface area is 149 Å². The first-order valence-electron chi connectivity index (χ1n) is 8.07. The maximum Gasteiger partial charge on any atom is 0.243 e. The molecule has 7 nitrogen and oxygen atoms in total. The average molecular weight is 389 g/mol. The molecule has 140 valence electrons. The molecule has 0 bridgehead atoms. The van der Waals surface area contributed by atoms with Gasteiger partial charge in [0.05, 0.1) is 10.1 Å². The van der Waals surface area contributed by atoms with E-state index in [2.05, 4.69) is 5.32 Å². The fourth-order valence-electron chi connectivity index (χ4n) is 2.83. The highest BCUT2D eigenvalue weighted by Crippen LogP contribution is 2.25. The molecule has 0 radical (unpaired) electrons. The van der Waals surface area contributed by atoms with Crippen molar-refractivity contribution in [3.8, 4) is 0 Å². The fourth-order valence-corrected chi connectivity index (χ4v) is 6.06.